The molecule has 0 aliphatic carbocycles. The van der Waals surface area contributed by atoms with Gasteiger partial charge in [-0.05, 0) is 19.1 Å². The molecule has 0 aliphatic rings. The maximum Gasteiger partial charge on any atom is 0.508 e. The van der Waals surface area contributed by atoms with Crippen LogP contribution in [0.5, 0.6) is 0 Å². The molecular formula is C6H7BFNO2. The topological polar surface area (TPSA) is 53.4 Å². The van der Waals surface area contributed by atoms with Crippen LogP contribution in [0.1, 0.15) is 5.69 Å². The summed E-state index contributed by atoms with van der Waals surface area (Å²) in [6.45, 7) is 1.46. The van der Waals surface area contributed by atoms with E-state index in [1.54, 1.807) is 0 Å². The predicted molar refractivity (Wildman–Crippen MR) is 38.8 cm³/mol. The molecular weight excluding hydrogens is 148 g/mol. The zero-order chi connectivity index (χ0) is 8.43. The zero-order valence-electron chi connectivity index (χ0n) is 5.95. The maximum atomic E-state index is 12.5. The molecule has 5 heteroatoms. The van der Waals surface area contributed by atoms with Gasteiger partial charge in [-0.25, -0.2) is 4.39 Å². The van der Waals surface area contributed by atoms with E-state index in [9.17, 15) is 4.39 Å². The van der Waals surface area contributed by atoms with Crippen molar-refractivity contribution in [3.05, 3.63) is 23.6 Å². The van der Waals surface area contributed by atoms with Crippen molar-refractivity contribution in [3.8, 4) is 0 Å². The van der Waals surface area contributed by atoms with Crippen LogP contribution in [0.15, 0.2) is 12.1 Å². The minimum absolute atomic E-state index is 0.0592. The monoisotopic (exact) mass is 155 g/mol. The second-order valence-corrected chi connectivity index (χ2v) is 2.18. The second kappa shape index (κ2) is 2.98. The SMILES string of the molecule is Cc1nc(B(O)O)ccc1F. The van der Waals surface area contributed by atoms with E-state index in [2.05, 4.69) is 4.98 Å². The molecule has 0 radical (unpaired) electrons. The number of hydrogen-bond acceptors (Lipinski definition) is 3. The van der Waals surface area contributed by atoms with Crippen molar-refractivity contribution in [1.29, 1.82) is 0 Å². The molecule has 0 fully saturated rings. The van der Waals surface area contributed by atoms with Crippen LogP contribution in [-0.2, 0) is 0 Å². The molecule has 1 aromatic heterocycles. The van der Waals surface area contributed by atoms with Gasteiger partial charge in [0, 0.05) is 0 Å². The highest BCUT2D eigenvalue weighted by Crippen LogP contribution is 1.97. The highest BCUT2D eigenvalue weighted by molar-refractivity contribution is 6.57. The summed E-state index contributed by atoms with van der Waals surface area (Å²) in [6.07, 6.45) is 0. The molecule has 0 spiro atoms. The molecule has 2 N–H and O–H groups in total. The van der Waals surface area contributed by atoms with E-state index in [4.69, 9.17) is 10.0 Å². The Morgan fingerprint density at radius 1 is 1.45 bits per heavy atom. The third-order valence-corrected chi connectivity index (χ3v) is 1.31. The van der Waals surface area contributed by atoms with E-state index in [1.807, 2.05) is 0 Å². The van der Waals surface area contributed by atoms with Gasteiger partial charge < -0.3 is 10.0 Å². The standard InChI is InChI=1S/C6H7BFNO2/c1-4-5(8)2-3-6(9-4)7(10)11/h2-3,10-11H,1H3. The van der Waals surface area contributed by atoms with Gasteiger partial charge in [0.1, 0.15) is 5.82 Å². The number of hydrogen-bond donors (Lipinski definition) is 2. The number of halogens is 1. The Hall–Kier alpha value is -0.935. The number of rotatable bonds is 1. The fourth-order valence-corrected chi connectivity index (χ4v) is 0.707. The Kier molecular flexibility index (Phi) is 2.21. The zero-order valence-corrected chi connectivity index (χ0v) is 5.95. The van der Waals surface area contributed by atoms with Crippen molar-refractivity contribution in [1.82, 2.24) is 4.98 Å². The minimum atomic E-state index is -1.63. The molecule has 58 valence electrons. The van der Waals surface area contributed by atoms with Gasteiger partial charge in [0.15, 0.2) is 0 Å². The van der Waals surface area contributed by atoms with Crippen molar-refractivity contribution in [3.63, 3.8) is 0 Å². The van der Waals surface area contributed by atoms with E-state index < -0.39 is 12.9 Å². The van der Waals surface area contributed by atoms with Gasteiger partial charge in [-0.1, -0.05) is 0 Å². The quantitative estimate of drug-likeness (QED) is 0.522. The lowest BCUT2D eigenvalue weighted by atomic mass is 9.85. The highest BCUT2D eigenvalue weighted by Gasteiger charge is 2.13. The maximum absolute atomic E-state index is 12.5. The number of pyridine rings is 1. The van der Waals surface area contributed by atoms with Gasteiger partial charge >= 0.3 is 7.12 Å². The lowest BCUT2D eigenvalue weighted by Gasteiger charge is -1.99. The summed E-state index contributed by atoms with van der Waals surface area (Å²) in [5, 5.41) is 17.2. The first kappa shape index (κ1) is 8.16. The first-order chi connectivity index (χ1) is 5.11. The van der Waals surface area contributed by atoms with Gasteiger partial charge in [-0.2, -0.15) is 0 Å². The fraction of sp³-hybridized carbons (Fsp3) is 0.167. The van der Waals surface area contributed by atoms with Crippen molar-refractivity contribution in [2.45, 2.75) is 6.92 Å². The van der Waals surface area contributed by atoms with E-state index >= 15 is 0 Å². The Morgan fingerprint density at radius 3 is 2.55 bits per heavy atom. The first-order valence-corrected chi connectivity index (χ1v) is 3.10. The van der Waals surface area contributed by atoms with Crippen LogP contribution in [0.2, 0.25) is 0 Å². The van der Waals surface area contributed by atoms with Gasteiger partial charge in [-0.15, -0.1) is 0 Å². The number of nitrogens with zero attached hydrogens (tertiary/aromatic N) is 1. The van der Waals surface area contributed by atoms with Crippen molar-refractivity contribution < 1.29 is 14.4 Å². The van der Waals surface area contributed by atoms with Gasteiger partial charge in [0.25, 0.3) is 0 Å². The average Bonchev–Trinajstić information content (AvgIpc) is 1.94. The summed E-state index contributed by atoms with van der Waals surface area (Å²) in [4.78, 5) is 3.60. The van der Waals surface area contributed by atoms with E-state index in [0.29, 0.717) is 0 Å². The van der Waals surface area contributed by atoms with Crippen LogP contribution in [-0.4, -0.2) is 22.2 Å². The fourth-order valence-electron chi connectivity index (χ4n) is 0.707. The minimum Gasteiger partial charge on any atom is -0.422 e. The smallest absolute Gasteiger partial charge is 0.422 e. The number of aromatic nitrogens is 1. The third kappa shape index (κ3) is 1.75. The molecule has 1 aromatic rings. The Morgan fingerprint density at radius 2 is 2.09 bits per heavy atom. The van der Waals surface area contributed by atoms with Crippen LogP contribution in [0.3, 0.4) is 0 Å². The van der Waals surface area contributed by atoms with Crippen LogP contribution < -0.4 is 5.59 Å². The molecule has 0 saturated carbocycles. The Labute approximate surface area is 63.7 Å². The average molecular weight is 155 g/mol. The first-order valence-electron chi connectivity index (χ1n) is 3.10. The number of aryl methyl sites for hydroxylation is 1. The Balaban J connectivity index is 3.05. The molecule has 1 heterocycles. The van der Waals surface area contributed by atoms with Gasteiger partial charge in [0.05, 0.1) is 11.3 Å². The molecule has 0 aromatic carbocycles. The van der Waals surface area contributed by atoms with Crippen LogP contribution in [0, 0.1) is 12.7 Å². The van der Waals surface area contributed by atoms with Crippen LogP contribution in [0.4, 0.5) is 4.39 Å². The Bertz CT molecular complexity index is 267. The summed E-state index contributed by atoms with van der Waals surface area (Å²) >= 11 is 0. The molecule has 0 amide bonds. The van der Waals surface area contributed by atoms with Gasteiger partial charge in [0.2, 0.25) is 0 Å². The van der Waals surface area contributed by atoms with E-state index in [-0.39, 0.29) is 11.3 Å². The summed E-state index contributed by atoms with van der Waals surface area (Å²) < 4.78 is 12.5. The molecule has 0 aliphatic heterocycles. The lowest BCUT2D eigenvalue weighted by Crippen LogP contribution is -2.33. The predicted octanol–water partition coefficient (Wildman–Crippen LogP) is -0.791. The van der Waals surface area contributed by atoms with Crippen molar-refractivity contribution >= 4 is 12.7 Å². The highest BCUT2D eigenvalue weighted by atomic mass is 19.1. The molecule has 0 unspecified atom stereocenters. The largest absolute Gasteiger partial charge is 0.508 e. The summed E-state index contributed by atoms with van der Waals surface area (Å²) in [6, 6.07) is 2.38. The van der Waals surface area contributed by atoms with E-state index in [0.717, 1.165) is 6.07 Å². The van der Waals surface area contributed by atoms with Crippen LogP contribution in [0.25, 0.3) is 0 Å². The molecule has 3 nitrogen and oxygen atoms in total. The summed E-state index contributed by atoms with van der Waals surface area (Å²) in [7, 11) is -1.63. The molecule has 11 heavy (non-hydrogen) atoms. The third-order valence-electron chi connectivity index (χ3n) is 1.31. The van der Waals surface area contributed by atoms with Gasteiger partial charge in [-0.3, -0.25) is 4.98 Å². The van der Waals surface area contributed by atoms with E-state index in [1.165, 1.54) is 13.0 Å². The summed E-state index contributed by atoms with van der Waals surface area (Å²) in [5.41, 5.74) is 0.222. The lowest BCUT2D eigenvalue weighted by molar-refractivity contribution is 0.424. The normalized spacial score (nSPS) is 9.82. The molecule has 1 rings (SSSR count). The molecule has 0 bridgehead atoms. The molecule has 0 saturated heterocycles. The van der Waals surface area contributed by atoms with Crippen LogP contribution >= 0.6 is 0 Å². The van der Waals surface area contributed by atoms with Crippen molar-refractivity contribution in [2.75, 3.05) is 0 Å². The molecule has 0 atom stereocenters. The second-order valence-electron chi connectivity index (χ2n) is 2.18. The summed E-state index contributed by atoms with van der Waals surface area (Å²) in [5.74, 6) is -0.450. The van der Waals surface area contributed by atoms with Crippen molar-refractivity contribution in [2.24, 2.45) is 0 Å².